The molecule has 2 aromatic rings. The third-order valence-electron chi connectivity index (χ3n) is 2.89. The van der Waals surface area contributed by atoms with E-state index in [9.17, 15) is 18.8 Å². The number of carbonyl (C=O) groups is 3. The summed E-state index contributed by atoms with van der Waals surface area (Å²) in [5.41, 5.74) is 10.8. The summed E-state index contributed by atoms with van der Waals surface area (Å²) in [5.74, 6) is -3.09. The van der Waals surface area contributed by atoms with Crippen molar-refractivity contribution in [3.8, 4) is 0 Å². The zero-order valence-corrected chi connectivity index (χ0v) is 12.6. The number of hydrogen-bond acceptors (Lipinski definition) is 5. The molecule has 0 radical (unpaired) electrons. The van der Waals surface area contributed by atoms with Crippen LogP contribution in [-0.4, -0.2) is 28.7 Å². The summed E-state index contributed by atoms with van der Waals surface area (Å²) >= 11 is 1.08. The van der Waals surface area contributed by atoms with Gasteiger partial charge in [0.2, 0.25) is 11.8 Å². The quantitative estimate of drug-likeness (QED) is 0.638. The summed E-state index contributed by atoms with van der Waals surface area (Å²) in [6, 6.07) is 4.33. The van der Waals surface area contributed by atoms with Crippen molar-refractivity contribution in [2.45, 2.75) is 12.5 Å². The maximum absolute atomic E-state index is 12.8. The lowest BCUT2D eigenvalue weighted by atomic mass is 10.2. The molecular weight excluding hydrogens is 323 g/mol. The number of rotatable bonds is 6. The maximum atomic E-state index is 12.8. The zero-order valence-electron chi connectivity index (χ0n) is 11.8. The lowest BCUT2D eigenvalue weighted by Crippen LogP contribution is -2.52. The second-order valence-corrected chi connectivity index (χ2v) is 5.75. The van der Waals surface area contributed by atoms with Crippen LogP contribution in [0.3, 0.4) is 0 Å². The van der Waals surface area contributed by atoms with E-state index < -0.39 is 23.8 Å². The predicted octanol–water partition coefficient (Wildman–Crippen LogP) is -0.0580. The molecule has 0 aliphatic rings. The number of thiazole rings is 1. The lowest BCUT2D eigenvalue weighted by molar-refractivity contribution is -0.128. The molecule has 120 valence electrons. The summed E-state index contributed by atoms with van der Waals surface area (Å²) in [4.78, 5) is 38.3. The summed E-state index contributed by atoms with van der Waals surface area (Å²) in [6.45, 7) is 0. The Morgan fingerprint density at radius 3 is 2.35 bits per heavy atom. The highest BCUT2D eigenvalue weighted by Crippen LogP contribution is 2.17. The fraction of sp³-hybridized carbons (Fsp3) is 0.143. The van der Waals surface area contributed by atoms with Gasteiger partial charge in [0.05, 0.1) is 11.2 Å². The molecule has 7 nitrogen and oxygen atoms in total. The van der Waals surface area contributed by atoms with Crippen molar-refractivity contribution in [2.75, 3.05) is 0 Å². The molecule has 0 bridgehead atoms. The Morgan fingerprint density at radius 1 is 1.17 bits per heavy atom. The maximum Gasteiger partial charge on any atom is 0.264 e. The minimum Gasteiger partial charge on any atom is -0.367 e. The number of nitrogens with one attached hydrogen (secondary N) is 1. The topological polar surface area (TPSA) is 128 Å². The number of aromatic nitrogens is 1. The molecular formula is C14H13FN4O3S. The van der Waals surface area contributed by atoms with Gasteiger partial charge in [0.15, 0.2) is 6.04 Å². The highest BCUT2D eigenvalue weighted by atomic mass is 32.1. The van der Waals surface area contributed by atoms with Crippen molar-refractivity contribution in [1.29, 1.82) is 0 Å². The van der Waals surface area contributed by atoms with Gasteiger partial charge in [0.1, 0.15) is 10.7 Å². The Bertz CT molecular complexity index is 731. The molecule has 9 heteroatoms. The van der Waals surface area contributed by atoms with Crippen LogP contribution in [0.5, 0.6) is 0 Å². The minimum atomic E-state index is -1.58. The van der Waals surface area contributed by atoms with Gasteiger partial charge in [-0.05, 0) is 17.7 Å². The van der Waals surface area contributed by atoms with Gasteiger partial charge < -0.3 is 16.8 Å². The van der Waals surface area contributed by atoms with Crippen LogP contribution in [0.4, 0.5) is 4.39 Å². The van der Waals surface area contributed by atoms with Crippen LogP contribution in [0.1, 0.15) is 20.2 Å². The van der Waals surface area contributed by atoms with E-state index in [1.54, 1.807) is 12.1 Å². The van der Waals surface area contributed by atoms with Gasteiger partial charge in [-0.1, -0.05) is 12.1 Å². The molecule has 23 heavy (non-hydrogen) atoms. The number of nitrogens with two attached hydrogens (primary N) is 2. The molecule has 0 saturated heterocycles. The van der Waals surface area contributed by atoms with Crippen LogP contribution in [-0.2, 0) is 16.0 Å². The van der Waals surface area contributed by atoms with E-state index in [0.29, 0.717) is 11.4 Å². The molecule has 5 N–H and O–H groups in total. The van der Waals surface area contributed by atoms with Crippen LogP contribution < -0.4 is 16.8 Å². The molecule has 0 atom stereocenters. The SMILES string of the molecule is NC(=O)C(NC(=O)c1cnc(Cc2ccc(F)cc2)s1)C(N)=O. The molecule has 1 aromatic heterocycles. The van der Waals surface area contributed by atoms with Gasteiger partial charge in [0, 0.05) is 6.42 Å². The average Bonchev–Trinajstić information content (AvgIpc) is 2.95. The first-order valence-corrected chi connectivity index (χ1v) is 7.27. The van der Waals surface area contributed by atoms with Gasteiger partial charge in [-0.25, -0.2) is 9.37 Å². The van der Waals surface area contributed by atoms with Gasteiger partial charge in [0.25, 0.3) is 5.91 Å². The molecule has 0 spiro atoms. The van der Waals surface area contributed by atoms with Gasteiger partial charge in [-0.2, -0.15) is 0 Å². The van der Waals surface area contributed by atoms with Crippen LogP contribution in [0, 0.1) is 5.82 Å². The predicted molar refractivity (Wildman–Crippen MR) is 81.0 cm³/mol. The number of primary amides is 2. The van der Waals surface area contributed by atoms with Crippen LogP contribution in [0.15, 0.2) is 30.5 Å². The van der Waals surface area contributed by atoms with Crippen LogP contribution >= 0.6 is 11.3 Å². The zero-order chi connectivity index (χ0) is 17.0. The molecule has 1 aromatic carbocycles. The van der Waals surface area contributed by atoms with E-state index in [-0.39, 0.29) is 10.7 Å². The summed E-state index contributed by atoms with van der Waals surface area (Å²) < 4.78 is 12.8. The molecule has 3 amide bonds. The van der Waals surface area contributed by atoms with Crippen LogP contribution in [0.25, 0.3) is 0 Å². The second kappa shape index (κ2) is 6.97. The smallest absolute Gasteiger partial charge is 0.264 e. The lowest BCUT2D eigenvalue weighted by Gasteiger charge is -2.10. The largest absolute Gasteiger partial charge is 0.367 e. The number of hydrogen-bond donors (Lipinski definition) is 3. The summed E-state index contributed by atoms with van der Waals surface area (Å²) in [6.07, 6.45) is 1.74. The highest BCUT2D eigenvalue weighted by molar-refractivity contribution is 7.13. The number of benzene rings is 1. The molecule has 0 aliphatic carbocycles. The van der Waals surface area contributed by atoms with Crippen molar-refractivity contribution in [3.63, 3.8) is 0 Å². The number of carbonyl (C=O) groups excluding carboxylic acids is 3. The molecule has 0 saturated carbocycles. The van der Waals surface area contributed by atoms with Crippen molar-refractivity contribution in [3.05, 3.63) is 51.7 Å². The van der Waals surface area contributed by atoms with Gasteiger partial charge in [-0.3, -0.25) is 14.4 Å². The van der Waals surface area contributed by atoms with E-state index in [4.69, 9.17) is 11.5 Å². The molecule has 0 unspecified atom stereocenters. The first-order chi connectivity index (χ1) is 10.9. The van der Waals surface area contributed by atoms with E-state index in [2.05, 4.69) is 10.3 Å². The third-order valence-corrected chi connectivity index (χ3v) is 3.89. The molecule has 2 rings (SSSR count). The molecule has 0 fully saturated rings. The Balaban J connectivity index is 2.06. The normalized spacial score (nSPS) is 10.5. The second-order valence-electron chi connectivity index (χ2n) is 4.63. The minimum absolute atomic E-state index is 0.203. The van der Waals surface area contributed by atoms with Crippen LogP contribution in [0.2, 0.25) is 0 Å². The Labute approximate surface area is 134 Å². The van der Waals surface area contributed by atoms with Crippen molar-refractivity contribution >= 4 is 29.1 Å². The Hall–Kier alpha value is -2.81. The number of nitrogens with zero attached hydrogens (tertiary/aromatic N) is 1. The fourth-order valence-electron chi connectivity index (χ4n) is 1.76. The van der Waals surface area contributed by atoms with E-state index in [0.717, 1.165) is 16.9 Å². The summed E-state index contributed by atoms with van der Waals surface area (Å²) in [5, 5.41) is 2.77. The van der Waals surface area contributed by atoms with Crippen molar-refractivity contribution in [1.82, 2.24) is 10.3 Å². The first-order valence-electron chi connectivity index (χ1n) is 6.45. The number of amides is 3. The first kappa shape index (κ1) is 16.6. The number of halogens is 1. The fourth-order valence-corrected chi connectivity index (χ4v) is 2.61. The average molecular weight is 336 g/mol. The third kappa shape index (κ3) is 4.33. The molecule has 1 heterocycles. The van der Waals surface area contributed by atoms with Crippen molar-refractivity contribution < 1.29 is 18.8 Å². The monoisotopic (exact) mass is 336 g/mol. The van der Waals surface area contributed by atoms with Gasteiger partial charge >= 0.3 is 0 Å². The van der Waals surface area contributed by atoms with Gasteiger partial charge in [-0.15, -0.1) is 11.3 Å². The Morgan fingerprint density at radius 2 is 1.78 bits per heavy atom. The Kier molecular flexibility index (Phi) is 5.02. The standard InChI is InChI=1S/C14H13FN4O3S/c15-8-3-1-7(2-4-8)5-10-18-6-9(23-10)14(22)19-11(12(16)20)13(17)21/h1-4,6,11H,5H2,(H2,16,20)(H2,17,21)(H,19,22). The summed E-state index contributed by atoms with van der Waals surface area (Å²) in [7, 11) is 0. The molecule has 0 aliphatic heterocycles. The van der Waals surface area contributed by atoms with E-state index >= 15 is 0 Å². The highest BCUT2D eigenvalue weighted by Gasteiger charge is 2.25. The van der Waals surface area contributed by atoms with E-state index in [1.807, 2.05) is 0 Å². The van der Waals surface area contributed by atoms with Crippen molar-refractivity contribution in [2.24, 2.45) is 11.5 Å². The van der Waals surface area contributed by atoms with E-state index in [1.165, 1.54) is 18.3 Å².